The summed E-state index contributed by atoms with van der Waals surface area (Å²) in [5.74, 6) is 0.591. The molecule has 0 atom stereocenters. The van der Waals surface area contributed by atoms with E-state index >= 15 is 0 Å². The number of anilines is 1. The quantitative estimate of drug-likeness (QED) is 0.633. The molecule has 2 N–H and O–H groups in total. The third-order valence-electron chi connectivity index (χ3n) is 1.82. The van der Waals surface area contributed by atoms with Crippen LogP contribution in [0.25, 0.3) is 0 Å². The first-order valence-electron chi connectivity index (χ1n) is 3.87. The maximum atomic E-state index is 8.97. The fraction of sp³-hybridized carbons (Fsp3) is 0.375. The molecule has 1 aliphatic heterocycles. The van der Waals surface area contributed by atoms with Gasteiger partial charge in [-0.2, -0.15) is 0 Å². The Kier molecular flexibility index (Phi) is 1.83. The first-order valence-corrected chi connectivity index (χ1v) is 3.87. The Morgan fingerprint density at radius 1 is 1.67 bits per heavy atom. The maximum Gasteiger partial charge on any atom is 0.237 e. The second kappa shape index (κ2) is 2.98. The Hall–Kier alpha value is -1.29. The molecule has 0 radical (unpaired) electrons. The van der Waals surface area contributed by atoms with Gasteiger partial charge in [-0.25, -0.2) is 4.98 Å². The van der Waals surface area contributed by atoms with Crippen LogP contribution in [0.5, 0.6) is 5.88 Å². The standard InChI is InChI=1S/C8H10N2O2/c11-5-6-1-2-10-8-7(6)9-3-4-12-8/h1-2,9,11H,3-5H2. The van der Waals surface area contributed by atoms with Gasteiger partial charge in [0.15, 0.2) is 0 Å². The van der Waals surface area contributed by atoms with Gasteiger partial charge in [0.05, 0.1) is 6.61 Å². The van der Waals surface area contributed by atoms with Crippen molar-refractivity contribution in [1.29, 1.82) is 0 Å². The van der Waals surface area contributed by atoms with E-state index in [0.717, 1.165) is 17.8 Å². The van der Waals surface area contributed by atoms with Crippen molar-refractivity contribution < 1.29 is 9.84 Å². The molecule has 64 valence electrons. The number of fused-ring (bicyclic) bond motifs is 1. The van der Waals surface area contributed by atoms with Gasteiger partial charge in [-0.3, -0.25) is 0 Å². The molecule has 0 aliphatic carbocycles. The number of nitrogens with one attached hydrogen (secondary N) is 1. The second-order valence-electron chi connectivity index (χ2n) is 2.58. The first-order chi connectivity index (χ1) is 5.92. The summed E-state index contributed by atoms with van der Waals surface area (Å²) >= 11 is 0. The van der Waals surface area contributed by atoms with Crippen molar-refractivity contribution in [3.63, 3.8) is 0 Å². The molecule has 0 aromatic carbocycles. The van der Waals surface area contributed by atoms with E-state index in [1.54, 1.807) is 12.3 Å². The van der Waals surface area contributed by atoms with Crippen molar-refractivity contribution in [1.82, 2.24) is 4.98 Å². The van der Waals surface area contributed by atoms with Crippen molar-refractivity contribution in [3.05, 3.63) is 17.8 Å². The minimum absolute atomic E-state index is 0.0151. The van der Waals surface area contributed by atoms with Crippen molar-refractivity contribution >= 4 is 5.69 Å². The molecule has 2 rings (SSSR count). The van der Waals surface area contributed by atoms with Crippen molar-refractivity contribution in [2.75, 3.05) is 18.5 Å². The predicted octanol–water partition coefficient (Wildman–Crippen LogP) is 0.378. The van der Waals surface area contributed by atoms with Gasteiger partial charge in [0.25, 0.3) is 0 Å². The SMILES string of the molecule is OCc1ccnc2c1NCCO2. The normalized spacial score (nSPS) is 14.4. The average molecular weight is 166 g/mol. The third-order valence-corrected chi connectivity index (χ3v) is 1.82. The van der Waals surface area contributed by atoms with E-state index in [1.165, 1.54) is 0 Å². The smallest absolute Gasteiger partial charge is 0.237 e. The molecule has 1 aromatic rings. The molecule has 0 saturated heterocycles. The van der Waals surface area contributed by atoms with Crippen LogP contribution in [0.15, 0.2) is 12.3 Å². The van der Waals surface area contributed by atoms with Crippen LogP contribution in [0.1, 0.15) is 5.56 Å². The highest BCUT2D eigenvalue weighted by Gasteiger charge is 2.13. The van der Waals surface area contributed by atoms with Gasteiger partial charge in [-0.05, 0) is 6.07 Å². The maximum absolute atomic E-state index is 8.97. The molecule has 12 heavy (non-hydrogen) atoms. The fourth-order valence-electron chi connectivity index (χ4n) is 1.23. The predicted molar refractivity (Wildman–Crippen MR) is 44.1 cm³/mol. The van der Waals surface area contributed by atoms with Crippen LogP contribution in [0.2, 0.25) is 0 Å². The van der Waals surface area contributed by atoms with E-state index in [9.17, 15) is 0 Å². The minimum atomic E-state index is 0.0151. The molecule has 0 bridgehead atoms. The van der Waals surface area contributed by atoms with Crippen LogP contribution in [-0.2, 0) is 6.61 Å². The number of aliphatic hydroxyl groups excluding tert-OH is 1. The number of rotatable bonds is 1. The highest BCUT2D eigenvalue weighted by atomic mass is 16.5. The molecule has 0 unspecified atom stereocenters. The molecule has 1 aromatic heterocycles. The Bertz CT molecular complexity index is 274. The zero-order chi connectivity index (χ0) is 8.39. The average Bonchev–Trinajstić information content (AvgIpc) is 2.17. The molecule has 0 spiro atoms. The molecule has 2 heterocycles. The van der Waals surface area contributed by atoms with E-state index in [0.29, 0.717) is 12.5 Å². The first kappa shape index (κ1) is 7.36. The zero-order valence-electron chi connectivity index (χ0n) is 6.58. The van der Waals surface area contributed by atoms with Gasteiger partial charge < -0.3 is 15.2 Å². The van der Waals surface area contributed by atoms with Crippen LogP contribution in [0.4, 0.5) is 5.69 Å². The Morgan fingerprint density at radius 2 is 2.58 bits per heavy atom. The van der Waals surface area contributed by atoms with Crippen molar-refractivity contribution in [2.45, 2.75) is 6.61 Å². The van der Waals surface area contributed by atoms with Crippen molar-refractivity contribution in [3.8, 4) is 5.88 Å². The van der Waals surface area contributed by atoms with Crippen LogP contribution < -0.4 is 10.1 Å². The lowest BCUT2D eigenvalue weighted by atomic mass is 10.2. The molecule has 0 amide bonds. The minimum Gasteiger partial charge on any atom is -0.474 e. The van der Waals surface area contributed by atoms with Gasteiger partial charge in [-0.1, -0.05) is 0 Å². The van der Waals surface area contributed by atoms with E-state index in [1.807, 2.05) is 0 Å². The summed E-state index contributed by atoms with van der Waals surface area (Å²) in [6.07, 6.45) is 1.64. The van der Waals surface area contributed by atoms with Crippen LogP contribution in [-0.4, -0.2) is 23.2 Å². The van der Waals surface area contributed by atoms with Crippen LogP contribution in [0.3, 0.4) is 0 Å². The van der Waals surface area contributed by atoms with Crippen molar-refractivity contribution in [2.24, 2.45) is 0 Å². The monoisotopic (exact) mass is 166 g/mol. The number of nitrogens with zero attached hydrogens (tertiary/aromatic N) is 1. The lowest BCUT2D eigenvalue weighted by Crippen LogP contribution is -2.20. The van der Waals surface area contributed by atoms with E-state index in [4.69, 9.17) is 9.84 Å². The van der Waals surface area contributed by atoms with Gasteiger partial charge in [0.1, 0.15) is 12.3 Å². The van der Waals surface area contributed by atoms with Crippen LogP contribution >= 0.6 is 0 Å². The molecule has 4 heteroatoms. The van der Waals surface area contributed by atoms with E-state index < -0.39 is 0 Å². The van der Waals surface area contributed by atoms with Gasteiger partial charge >= 0.3 is 0 Å². The number of ether oxygens (including phenoxy) is 1. The summed E-state index contributed by atoms with van der Waals surface area (Å²) in [6.45, 7) is 1.42. The summed E-state index contributed by atoms with van der Waals surface area (Å²) < 4.78 is 5.28. The summed E-state index contributed by atoms with van der Waals surface area (Å²) in [5, 5.41) is 12.1. The highest BCUT2D eigenvalue weighted by Crippen LogP contribution is 2.27. The van der Waals surface area contributed by atoms with E-state index in [2.05, 4.69) is 10.3 Å². The zero-order valence-corrected chi connectivity index (χ0v) is 6.58. The molecule has 1 aliphatic rings. The lowest BCUT2D eigenvalue weighted by molar-refractivity contribution is 0.277. The Labute approximate surface area is 70.2 Å². The highest BCUT2D eigenvalue weighted by molar-refractivity contribution is 5.59. The second-order valence-corrected chi connectivity index (χ2v) is 2.58. The van der Waals surface area contributed by atoms with E-state index in [-0.39, 0.29) is 6.61 Å². The number of hydrogen-bond acceptors (Lipinski definition) is 4. The molecule has 0 fully saturated rings. The molecule has 4 nitrogen and oxygen atoms in total. The van der Waals surface area contributed by atoms with Crippen LogP contribution in [0, 0.1) is 0 Å². The van der Waals surface area contributed by atoms with Gasteiger partial charge in [0.2, 0.25) is 5.88 Å². The molecule has 0 saturated carbocycles. The topological polar surface area (TPSA) is 54.4 Å². The fourth-order valence-corrected chi connectivity index (χ4v) is 1.23. The number of hydrogen-bond donors (Lipinski definition) is 2. The molecular formula is C8H10N2O2. The summed E-state index contributed by atoms with van der Waals surface area (Å²) in [7, 11) is 0. The Balaban J connectivity index is 2.44. The molecular weight excluding hydrogens is 156 g/mol. The lowest BCUT2D eigenvalue weighted by Gasteiger charge is -2.19. The Morgan fingerprint density at radius 3 is 3.42 bits per heavy atom. The number of aliphatic hydroxyl groups is 1. The third kappa shape index (κ3) is 1.10. The summed E-state index contributed by atoms with van der Waals surface area (Å²) in [4.78, 5) is 4.03. The van der Waals surface area contributed by atoms with Gasteiger partial charge in [-0.15, -0.1) is 0 Å². The summed E-state index contributed by atoms with van der Waals surface area (Å²) in [6, 6.07) is 1.78. The largest absolute Gasteiger partial charge is 0.474 e. The number of aromatic nitrogens is 1. The number of pyridine rings is 1. The van der Waals surface area contributed by atoms with Gasteiger partial charge in [0, 0.05) is 18.3 Å². The summed E-state index contributed by atoms with van der Waals surface area (Å²) in [5.41, 5.74) is 1.66.